The second kappa shape index (κ2) is 8.76. The fourth-order valence-electron chi connectivity index (χ4n) is 7.00. The van der Waals surface area contributed by atoms with Crippen LogP contribution in [-0.4, -0.2) is 14.5 Å². The van der Waals surface area contributed by atoms with Crippen LogP contribution >= 0.6 is 0 Å². The lowest BCUT2D eigenvalue weighted by atomic mass is 9.99. The minimum atomic E-state index is 0.834. The van der Waals surface area contributed by atoms with E-state index in [1.165, 1.54) is 32.3 Å². The van der Waals surface area contributed by atoms with E-state index in [9.17, 15) is 0 Å². The molecule has 4 heteroatoms. The average Bonchev–Trinajstić information content (AvgIpc) is 3.65. The molecule has 0 amide bonds. The van der Waals surface area contributed by atoms with Crippen LogP contribution in [0, 0.1) is 0 Å². The van der Waals surface area contributed by atoms with Gasteiger partial charge in [-0.3, -0.25) is 4.57 Å². The smallest absolute Gasteiger partial charge is 0.160 e. The van der Waals surface area contributed by atoms with E-state index in [-0.39, 0.29) is 0 Å². The standard InChI is InChI=1S/C40H23N3O/c1-2-10-25-23-26(18-17-24(25)9-1)31-19-20-33-32(41-31)21-22-36(42-33)43-34-15-7-5-13-29(34)37-27-11-3-4-12-28(27)38-30-14-6-8-16-35(30)44-40(38)39(37)43/h1-23H. The lowest BCUT2D eigenvalue weighted by molar-refractivity contribution is 0.671. The van der Waals surface area contributed by atoms with Crippen molar-refractivity contribution >= 4 is 76.3 Å². The summed E-state index contributed by atoms with van der Waals surface area (Å²) >= 11 is 0. The molecule has 0 unspecified atom stereocenters. The molecular weight excluding hydrogens is 538 g/mol. The van der Waals surface area contributed by atoms with Gasteiger partial charge < -0.3 is 4.42 Å². The molecule has 0 saturated heterocycles. The molecule has 0 radical (unpaired) electrons. The van der Waals surface area contributed by atoms with Gasteiger partial charge in [0.05, 0.1) is 27.8 Å². The Labute approximate surface area is 251 Å². The zero-order chi connectivity index (χ0) is 28.8. The predicted molar refractivity (Wildman–Crippen MR) is 182 cm³/mol. The van der Waals surface area contributed by atoms with E-state index < -0.39 is 0 Å². The average molecular weight is 562 g/mol. The van der Waals surface area contributed by atoms with Crippen LogP contribution in [-0.2, 0) is 0 Å². The van der Waals surface area contributed by atoms with Gasteiger partial charge in [-0.15, -0.1) is 0 Å². The van der Waals surface area contributed by atoms with Gasteiger partial charge in [0.15, 0.2) is 5.58 Å². The Hall–Kier alpha value is -6.00. The summed E-state index contributed by atoms with van der Waals surface area (Å²) in [5.74, 6) is 0.834. The van der Waals surface area contributed by atoms with Gasteiger partial charge in [-0.2, -0.15) is 0 Å². The van der Waals surface area contributed by atoms with E-state index in [0.29, 0.717) is 0 Å². The number of pyridine rings is 2. The summed E-state index contributed by atoms with van der Waals surface area (Å²) in [7, 11) is 0. The normalized spacial score (nSPS) is 12.1. The van der Waals surface area contributed by atoms with Crippen molar-refractivity contribution in [3.8, 4) is 17.1 Å². The van der Waals surface area contributed by atoms with Crippen LogP contribution in [0.2, 0.25) is 0 Å². The molecule has 0 aliphatic rings. The van der Waals surface area contributed by atoms with Gasteiger partial charge in [0.25, 0.3) is 0 Å². The van der Waals surface area contributed by atoms with E-state index in [4.69, 9.17) is 14.4 Å². The highest BCUT2D eigenvalue weighted by Crippen LogP contribution is 2.45. The summed E-state index contributed by atoms with van der Waals surface area (Å²) in [4.78, 5) is 10.2. The van der Waals surface area contributed by atoms with Crippen LogP contribution in [0.1, 0.15) is 0 Å². The highest BCUT2D eigenvalue weighted by atomic mass is 16.3. The minimum Gasteiger partial charge on any atom is -0.454 e. The molecule has 0 spiro atoms. The van der Waals surface area contributed by atoms with E-state index >= 15 is 0 Å². The molecule has 4 heterocycles. The van der Waals surface area contributed by atoms with Gasteiger partial charge >= 0.3 is 0 Å². The molecule has 10 rings (SSSR count). The maximum Gasteiger partial charge on any atom is 0.160 e. The maximum atomic E-state index is 6.69. The molecule has 6 aromatic carbocycles. The number of benzene rings is 6. The van der Waals surface area contributed by atoms with Crippen molar-refractivity contribution in [3.63, 3.8) is 0 Å². The van der Waals surface area contributed by atoms with Gasteiger partial charge in [-0.1, -0.05) is 97.1 Å². The molecule has 204 valence electrons. The second-order valence-corrected chi connectivity index (χ2v) is 11.4. The van der Waals surface area contributed by atoms with E-state index in [1.54, 1.807) is 0 Å². The third kappa shape index (κ3) is 3.22. The van der Waals surface area contributed by atoms with Crippen LogP contribution in [0.4, 0.5) is 0 Å². The number of para-hydroxylation sites is 2. The number of hydrogen-bond donors (Lipinski definition) is 0. The number of aromatic nitrogens is 3. The van der Waals surface area contributed by atoms with Crippen molar-refractivity contribution in [3.05, 3.63) is 140 Å². The Kier molecular flexibility index (Phi) is 4.69. The first-order chi connectivity index (χ1) is 21.8. The first kappa shape index (κ1) is 23.6. The third-order valence-corrected chi connectivity index (χ3v) is 8.95. The molecule has 0 aliphatic carbocycles. The summed E-state index contributed by atoms with van der Waals surface area (Å²) < 4.78 is 8.95. The molecule has 4 aromatic heterocycles. The van der Waals surface area contributed by atoms with E-state index in [2.05, 4.69) is 138 Å². The van der Waals surface area contributed by atoms with Gasteiger partial charge in [0.1, 0.15) is 11.4 Å². The predicted octanol–water partition coefficient (Wildman–Crippen LogP) is 10.6. The Balaban J connectivity index is 1.26. The van der Waals surface area contributed by atoms with Crippen molar-refractivity contribution in [1.82, 2.24) is 14.5 Å². The van der Waals surface area contributed by atoms with Crippen LogP contribution in [0.5, 0.6) is 0 Å². The van der Waals surface area contributed by atoms with Crippen molar-refractivity contribution in [1.29, 1.82) is 0 Å². The summed E-state index contributed by atoms with van der Waals surface area (Å²) in [5.41, 5.74) is 7.62. The lowest BCUT2D eigenvalue weighted by Crippen LogP contribution is -1.99. The number of rotatable bonds is 2. The highest BCUT2D eigenvalue weighted by molar-refractivity contribution is 6.35. The largest absolute Gasteiger partial charge is 0.454 e. The Morgan fingerprint density at radius 1 is 0.500 bits per heavy atom. The minimum absolute atomic E-state index is 0.834. The van der Waals surface area contributed by atoms with Crippen LogP contribution in [0.25, 0.3) is 93.4 Å². The van der Waals surface area contributed by atoms with Crippen LogP contribution < -0.4 is 0 Å². The Morgan fingerprint density at radius 2 is 1.18 bits per heavy atom. The number of fused-ring (bicyclic) bond motifs is 12. The maximum absolute atomic E-state index is 6.69. The zero-order valence-corrected chi connectivity index (χ0v) is 23.5. The summed E-state index contributed by atoms with van der Waals surface area (Å²) in [6, 6.07) is 48.8. The Bertz CT molecular complexity index is 2790. The molecule has 0 fully saturated rings. The monoisotopic (exact) mass is 561 g/mol. The molecule has 4 nitrogen and oxygen atoms in total. The van der Waals surface area contributed by atoms with Crippen molar-refractivity contribution in [2.45, 2.75) is 0 Å². The first-order valence-corrected chi connectivity index (χ1v) is 14.8. The highest BCUT2D eigenvalue weighted by Gasteiger charge is 2.23. The van der Waals surface area contributed by atoms with Gasteiger partial charge in [0.2, 0.25) is 0 Å². The first-order valence-electron chi connectivity index (χ1n) is 14.8. The van der Waals surface area contributed by atoms with Crippen molar-refractivity contribution in [2.75, 3.05) is 0 Å². The van der Waals surface area contributed by atoms with Crippen molar-refractivity contribution < 1.29 is 4.42 Å². The molecule has 0 atom stereocenters. The zero-order valence-electron chi connectivity index (χ0n) is 23.5. The lowest BCUT2D eigenvalue weighted by Gasteiger charge is -2.10. The summed E-state index contributed by atoms with van der Waals surface area (Å²) in [6.45, 7) is 0. The molecular formula is C40H23N3O. The summed E-state index contributed by atoms with van der Waals surface area (Å²) in [6.07, 6.45) is 0. The SMILES string of the molecule is c1ccc2cc(-c3ccc4nc(-n5c6ccccc6c6c7ccccc7c7c8ccccc8oc7c65)ccc4n3)ccc2c1. The molecule has 0 N–H and O–H groups in total. The van der Waals surface area contributed by atoms with Gasteiger partial charge in [0, 0.05) is 27.1 Å². The van der Waals surface area contributed by atoms with Gasteiger partial charge in [-0.25, -0.2) is 9.97 Å². The van der Waals surface area contributed by atoms with E-state index in [1.807, 2.05) is 6.07 Å². The molecule has 10 aromatic rings. The molecule has 0 saturated carbocycles. The van der Waals surface area contributed by atoms with Crippen molar-refractivity contribution in [2.24, 2.45) is 0 Å². The molecule has 0 bridgehead atoms. The van der Waals surface area contributed by atoms with Crippen LogP contribution in [0.3, 0.4) is 0 Å². The van der Waals surface area contributed by atoms with Crippen LogP contribution in [0.15, 0.2) is 144 Å². The van der Waals surface area contributed by atoms with E-state index in [0.717, 1.165) is 61.1 Å². The fourth-order valence-corrected chi connectivity index (χ4v) is 7.00. The Morgan fingerprint density at radius 3 is 2.07 bits per heavy atom. The fraction of sp³-hybridized carbons (Fsp3) is 0. The quantitative estimate of drug-likeness (QED) is 0.211. The second-order valence-electron chi connectivity index (χ2n) is 11.4. The van der Waals surface area contributed by atoms with Gasteiger partial charge in [-0.05, 0) is 64.0 Å². The molecule has 44 heavy (non-hydrogen) atoms. The summed E-state index contributed by atoms with van der Waals surface area (Å²) in [5, 5.41) is 9.43. The third-order valence-electron chi connectivity index (χ3n) is 8.95. The number of nitrogens with zero attached hydrogens (tertiary/aromatic N) is 3. The number of hydrogen-bond acceptors (Lipinski definition) is 3. The molecule has 0 aliphatic heterocycles. The topological polar surface area (TPSA) is 43.9 Å². The number of furan rings is 1.